The van der Waals surface area contributed by atoms with E-state index in [0.717, 1.165) is 109 Å². The molecule has 6 atom stereocenters. The van der Waals surface area contributed by atoms with Crippen LogP contribution in [0.5, 0.6) is 0 Å². The van der Waals surface area contributed by atoms with E-state index in [1.807, 2.05) is 0 Å². The number of phosphoric ester groups is 2. The van der Waals surface area contributed by atoms with Gasteiger partial charge in [-0.05, 0) is 43.4 Å². The van der Waals surface area contributed by atoms with E-state index < -0.39 is 97.5 Å². The molecule has 0 aliphatic heterocycles. The van der Waals surface area contributed by atoms with Crippen molar-refractivity contribution in [3.05, 3.63) is 0 Å². The van der Waals surface area contributed by atoms with Crippen LogP contribution in [0.2, 0.25) is 0 Å². The average Bonchev–Trinajstić information content (AvgIpc) is 3.41. The van der Waals surface area contributed by atoms with Crippen molar-refractivity contribution in [3.8, 4) is 0 Å². The molecule has 0 saturated heterocycles. The van der Waals surface area contributed by atoms with Crippen molar-refractivity contribution in [2.75, 3.05) is 39.6 Å². The van der Waals surface area contributed by atoms with Gasteiger partial charge in [0.25, 0.3) is 0 Å². The van der Waals surface area contributed by atoms with Crippen LogP contribution in [0.15, 0.2) is 0 Å². The lowest BCUT2D eigenvalue weighted by Gasteiger charge is -2.21. The normalized spacial score (nSPS) is 14.8. The molecule has 3 unspecified atom stereocenters. The van der Waals surface area contributed by atoms with Gasteiger partial charge in [0.2, 0.25) is 0 Å². The van der Waals surface area contributed by atoms with Gasteiger partial charge in [0.05, 0.1) is 26.4 Å². The Labute approximate surface area is 486 Å². The van der Waals surface area contributed by atoms with E-state index in [1.54, 1.807) is 0 Å². The van der Waals surface area contributed by atoms with Gasteiger partial charge in [0.15, 0.2) is 12.2 Å². The Bertz CT molecular complexity index is 1600. The summed E-state index contributed by atoms with van der Waals surface area (Å²) in [7, 11) is -9.88. The van der Waals surface area contributed by atoms with Crippen molar-refractivity contribution in [3.63, 3.8) is 0 Å². The summed E-state index contributed by atoms with van der Waals surface area (Å²) in [6.07, 6.45) is 32.3. The largest absolute Gasteiger partial charge is 0.472 e. The molecular weight excluding hydrogens is 1070 g/mol. The molecular formula is C61H118O17P2. The predicted molar refractivity (Wildman–Crippen MR) is 317 cm³/mol. The number of ether oxygens (including phenoxy) is 4. The van der Waals surface area contributed by atoms with E-state index >= 15 is 0 Å². The van der Waals surface area contributed by atoms with Crippen LogP contribution in [0.25, 0.3) is 0 Å². The summed E-state index contributed by atoms with van der Waals surface area (Å²) in [5.74, 6) is -0.0396. The quantitative estimate of drug-likeness (QED) is 0.0222. The van der Waals surface area contributed by atoms with Crippen molar-refractivity contribution < 1.29 is 80.2 Å². The number of esters is 4. The highest BCUT2D eigenvalue weighted by Crippen LogP contribution is 2.45. The molecule has 0 radical (unpaired) electrons. The highest BCUT2D eigenvalue weighted by molar-refractivity contribution is 7.47. The molecule has 0 aliphatic rings. The SMILES string of the molecule is CCCCCCCCCCCCCC(=O)O[C@H](COC(=O)CCCCCCCCCC(C)C)COP(=O)(O)OC[C@@H](O)COP(=O)(O)OC[C@@H](COC(=O)CCCCCCCCC(C)C)OC(=O)CCCCCCCCC(C)CC. The topological polar surface area (TPSA) is 237 Å². The molecule has 17 nitrogen and oxygen atoms in total. The first kappa shape index (κ1) is 78.1. The maximum absolute atomic E-state index is 12.9. The minimum absolute atomic E-state index is 0.101. The Hall–Kier alpha value is -1.94. The van der Waals surface area contributed by atoms with Gasteiger partial charge >= 0.3 is 39.5 Å². The molecule has 0 fully saturated rings. The van der Waals surface area contributed by atoms with Crippen molar-refractivity contribution in [2.45, 2.75) is 311 Å². The lowest BCUT2D eigenvalue weighted by atomic mass is 10.00. The molecule has 80 heavy (non-hydrogen) atoms. The smallest absolute Gasteiger partial charge is 0.462 e. The van der Waals surface area contributed by atoms with Crippen LogP contribution >= 0.6 is 15.6 Å². The van der Waals surface area contributed by atoms with Gasteiger partial charge in [-0.15, -0.1) is 0 Å². The molecule has 3 N–H and O–H groups in total. The molecule has 0 bridgehead atoms. The second kappa shape index (κ2) is 52.6. The Morgan fingerprint density at radius 3 is 0.950 bits per heavy atom. The van der Waals surface area contributed by atoms with E-state index in [-0.39, 0.29) is 25.7 Å². The molecule has 0 saturated carbocycles. The Morgan fingerprint density at radius 1 is 0.362 bits per heavy atom. The standard InChI is InChI=1S/C61H118O17P2/c1-8-10-11-12-13-14-15-16-19-30-37-44-60(65)77-56(48-71-58(63)42-35-28-20-17-18-25-32-39-52(3)4)50-75-79(67,68)73-46-55(62)47-74-80(69,70)76-51-57(49-72-59(64)43-36-29-23-21-26-33-40-53(5)6)78-61(66)45-38-31-24-22-27-34-41-54(7)9-2/h52-57,62H,8-51H2,1-7H3,(H,67,68)(H,69,70)/t54?,55-,56-,57-/m1/s1. The summed E-state index contributed by atoms with van der Waals surface area (Å²) >= 11 is 0. The van der Waals surface area contributed by atoms with Crippen LogP contribution < -0.4 is 0 Å². The van der Waals surface area contributed by atoms with Gasteiger partial charge in [-0.25, -0.2) is 9.13 Å². The van der Waals surface area contributed by atoms with Gasteiger partial charge in [-0.1, -0.05) is 241 Å². The zero-order chi connectivity index (χ0) is 59.5. The number of phosphoric acid groups is 2. The fourth-order valence-corrected chi connectivity index (χ4v) is 10.5. The van der Waals surface area contributed by atoms with Crippen LogP contribution in [0, 0.1) is 17.8 Å². The summed E-state index contributed by atoms with van der Waals surface area (Å²) in [5, 5.41) is 10.5. The van der Waals surface area contributed by atoms with Crippen LogP contribution in [-0.4, -0.2) is 96.7 Å². The van der Waals surface area contributed by atoms with Crippen LogP contribution in [0.1, 0.15) is 292 Å². The summed E-state index contributed by atoms with van der Waals surface area (Å²) in [6.45, 7) is 11.6. The van der Waals surface area contributed by atoms with Gasteiger partial charge < -0.3 is 33.8 Å². The number of rotatable bonds is 59. The fraction of sp³-hybridized carbons (Fsp3) is 0.934. The van der Waals surface area contributed by atoms with Crippen LogP contribution in [-0.2, 0) is 65.4 Å². The summed E-state index contributed by atoms with van der Waals surface area (Å²) in [5.41, 5.74) is 0. The van der Waals surface area contributed by atoms with Crippen LogP contribution in [0.3, 0.4) is 0 Å². The molecule has 0 heterocycles. The first-order valence-electron chi connectivity index (χ1n) is 31.9. The summed E-state index contributed by atoms with van der Waals surface area (Å²) in [4.78, 5) is 72.0. The molecule has 0 aliphatic carbocycles. The van der Waals surface area contributed by atoms with E-state index in [2.05, 4.69) is 48.5 Å². The maximum atomic E-state index is 12.9. The molecule has 0 spiro atoms. The number of hydrogen-bond donors (Lipinski definition) is 3. The second-order valence-corrected chi connectivity index (χ2v) is 26.2. The molecule has 0 aromatic heterocycles. The van der Waals surface area contributed by atoms with Crippen molar-refractivity contribution in [1.29, 1.82) is 0 Å². The predicted octanol–water partition coefficient (Wildman–Crippen LogP) is 16.3. The number of aliphatic hydroxyl groups is 1. The Morgan fingerprint density at radius 2 is 0.637 bits per heavy atom. The number of aliphatic hydroxyl groups excluding tert-OH is 1. The summed E-state index contributed by atoms with van der Waals surface area (Å²) < 4.78 is 67.8. The third kappa shape index (κ3) is 54.0. The minimum atomic E-state index is -4.94. The number of unbranched alkanes of at least 4 members (excludes halogenated alkanes) is 26. The molecule has 0 aromatic rings. The minimum Gasteiger partial charge on any atom is -0.462 e. The third-order valence-electron chi connectivity index (χ3n) is 14.2. The van der Waals surface area contributed by atoms with Crippen molar-refractivity contribution in [1.82, 2.24) is 0 Å². The maximum Gasteiger partial charge on any atom is 0.472 e. The van der Waals surface area contributed by atoms with Gasteiger partial charge in [0, 0.05) is 25.7 Å². The van der Waals surface area contributed by atoms with E-state index in [0.29, 0.717) is 37.5 Å². The molecule has 0 aromatic carbocycles. The van der Waals surface area contributed by atoms with E-state index in [4.69, 9.17) is 37.0 Å². The first-order valence-corrected chi connectivity index (χ1v) is 34.9. The van der Waals surface area contributed by atoms with E-state index in [9.17, 15) is 43.2 Å². The Balaban J connectivity index is 5.25. The highest BCUT2D eigenvalue weighted by Gasteiger charge is 2.30. The third-order valence-corrected chi connectivity index (χ3v) is 16.1. The molecule has 0 rings (SSSR count). The zero-order valence-corrected chi connectivity index (χ0v) is 53.3. The lowest BCUT2D eigenvalue weighted by Crippen LogP contribution is -2.30. The van der Waals surface area contributed by atoms with Gasteiger partial charge in [-0.3, -0.25) is 37.3 Å². The summed E-state index contributed by atoms with van der Waals surface area (Å²) in [6, 6.07) is 0. The molecule has 474 valence electrons. The van der Waals surface area contributed by atoms with Gasteiger partial charge in [-0.2, -0.15) is 0 Å². The van der Waals surface area contributed by atoms with Gasteiger partial charge in [0.1, 0.15) is 19.3 Å². The van der Waals surface area contributed by atoms with E-state index in [1.165, 1.54) is 89.9 Å². The zero-order valence-electron chi connectivity index (χ0n) is 51.5. The van der Waals surface area contributed by atoms with Crippen molar-refractivity contribution >= 4 is 39.5 Å². The number of carbonyl (C=O) groups is 4. The van der Waals surface area contributed by atoms with Crippen molar-refractivity contribution in [2.24, 2.45) is 17.8 Å². The second-order valence-electron chi connectivity index (χ2n) is 23.3. The highest BCUT2D eigenvalue weighted by atomic mass is 31.2. The molecule has 19 heteroatoms. The lowest BCUT2D eigenvalue weighted by molar-refractivity contribution is -0.161. The first-order chi connectivity index (χ1) is 38.3. The monoisotopic (exact) mass is 1180 g/mol. The Kier molecular flexibility index (Phi) is 51.3. The number of hydrogen-bond acceptors (Lipinski definition) is 15. The average molecular weight is 1190 g/mol. The molecule has 0 amide bonds. The fourth-order valence-electron chi connectivity index (χ4n) is 8.92. The number of carbonyl (C=O) groups excluding carboxylic acids is 4. The van der Waals surface area contributed by atoms with Crippen LogP contribution in [0.4, 0.5) is 0 Å².